The molecule has 158 valence electrons. The molecule has 0 aliphatic rings. The molecule has 1 aromatic heterocycles. The van der Waals surface area contributed by atoms with Gasteiger partial charge in [0, 0.05) is 11.3 Å². The van der Waals surface area contributed by atoms with Gasteiger partial charge in [0.2, 0.25) is 0 Å². The normalized spacial score (nSPS) is 11.3. The summed E-state index contributed by atoms with van der Waals surface area (Å²) in [7, 11) is -3.72. The molecule has 0 aliphatic carbocycles. The van der Waals surface area contributed by atoms with Crippen molar-refractivity contribution in [2.45, 2.75) is 11.8 Å². The van der Waals surface area contributed by atoms with Gasteiger partial charge in [-0.15, -0.1) is 0 Å². The van der Waals surface area contributed by atoms with Gasteiger partial charge in [0.1, 0.15) is 5.75 Å². The number of fused-ring (bicyclic) bond motifs is 1. The number of thiazole rings is 1. The first-order chi connectivity index (χ1) is 14.9. The minimum Gasteiger partial charge on any atom is -0.494 e. The van der Waals surface area contributed by atoms with Gasteiger partial charge in [-0.3, -0.25) is 9.52 Å². The number of nitrogens with one attached hydrogen (secondary N) is 2. The maximum absolute atomic E-state index is 12.5. The Kier molecular flexibility index (Phi) is 5.88. The monoisotopic (exact) mass is 453 g/mol. The Morgan fingerprint density at radius 3 is 2.48 bits per heavy atom. The fourth-order valence-electron chi connectivity index (χ4n) is 2.89. The number of benzene rings is 3. The first kappa shape index (κ1) is 20.8. The molecule has 0 saturated heterocycles. The van der Waals surface area contributed by atoms with Gasteiger partial charge >= 0.3 is 0 Å². The number of hydrogen-bond acceptors (Lipinski definition) is 6. The molecule has 9 heteroatoms. The summed E-state index contributed by atoms with van der Waals surface area (Å²) >= 11 is 1.19. The predicted octanol–water partition coefficient (Wildman–Crippen LogP) is 4.75. The molecule has 0 atom stereocenters. The molecule has 4 aromatic rings. The molecule has 3 aromatic carbocycles. The zero-order valence-corrected chi connectivity index (χ0v) is 18.2. The quantitative estimate of drug-likeness (QED) is 0.421. The highest BCUT2D eigenvalue weighted by Gasteiger charge is 2.16. The Morgan fingerprint density at radius 1 is 1.03 bits per heavy atom. The van der Waals surface area contributed by atoms with Gasteiger partial charge in [0.25, 0.3) is 15.9 Å². The lowest BCUT2D eigenvalue weighted by atomic mass is 10.2. The van der Waals surface area contributed by atoms with Crippen molar-refractivity contribution in [2.24, 2.45) is 0 Å². The number of carbonyl (C=O) groups is 1. The molecule has 31 heavy (non-hydrogen) atoms. The number of anilines is 2. The van der Waals surface area contributed by atoms with Gasteiger partial charge in [0.05, 0.1) is 21.7 Å². The van der Waals surface area contributed by atoms with Crippen LogP contribution in [0.2, 0.25) is 0 Å². The number of hydrogen-bond donors (Lipinski definition) is 2. The Balaban J connectivity index is 1.50. The van der Waals surface area contributed by atoms with Crippen LogP contribution in [0, 0.1) is 0 Å². The summed E-state index contributed by atoms with van der Waals surface area (Å²) in [6.07, 6.45) is 0. The molecule has 7 nitrogen and oxygen atoms in total. The van der Waals surface area contributed by atoms with Crippen molar-refractivity contribution < 1.29 is 17.9 Å². The van der Waals surface area contributed by atoms with Crippen LogP contribution in [0.5, 0.6) is 5.75 Å². The Bertz CT molecular complexity index is 1320. The Hall–Kier alpha value is -3.43. The Labute approximate surface area is 183 Å². The summed E-state index contributed by atoms with van der Waals surface area (Å²) in [5.41, 5.74) is 1.73. The molecule has 2 N–H and O–H groups in total. The molecule has 1 heterocycles. The number of nitrogens with zero attached hydrogens (tertiary/aromatic N) is 1. The van der Waals surface area contributed by atoms with Crippen LogP contribution in [0.1, 0.15) is 17.3 Å². The lowest BCUT2D eigenvalue weighted by Crippen LogP contribution is -2.12. The summed E-state index contributed by atoms with van der Waals surface area (Å²) in [6.45, 7) is 2.46. The third-order valence-corrected chi connectivity index (χ3v) is 6.77. The van der Waals surface area contributed by atoms with Crippen molar-refractivity contribution in [2.75, 3.05) is 16.6 Å². The van der Waals surface area contributed by atoms with Crippen LogP contribution in [0.3, 0.4) is 0 Å². The van der Waals surface area contributed by atoms with E-state index >= 15 is 0 Å². The molecule has 0 spiro atoms. The van der Waals surface area contributed by atoms with Gasteiger partial charge < -0.3 is 10.1 Å². The summed E-state index contributed by atoms with van der Waals surface area (Å²) in [5.74, 6) is 0.451. The fourth-order valence-corrected chi connectivity index (χ4v) is 5.05. The fraction of sp³-hybridized carbons (Fsp3) is 0.0909. The van der Waals surface area contributed by atoms with Crippen LogP contribution >= 0.6 is 11.3 Å². The molecule has 0 fully saturated rings. The molecular weight excluding hydrogens is 434 g/mol. The van der Waals surface area contributed by atoms with Crippen LogP contribution in [0.4, 0.5) is 10.8 Å². The van der Waals surface area contributed by atoms with E-state index in [2.05, 4.69) is 15.0 Å². The van der Waals surface area contributed by atoms with E-state index < -0.39 is 10.0 Å². The second-order valence-electron chi connectivity index (χ2n) is 6.53. The predicted molar refractivity (Wildman–Crippen MR) is 122 cm³/mol. The minimum atomic E-state index is -3.72. The lowest BCUT2D eigenvalue weighted by Gasteiger charge is -2.07. The van der Waals surface area contributed by atoms with Crippen molar-refractivity contribution in [3.63, 3.8) is 0 Å². The summed E-state index contributed by atoms with van der Waals surface area (Å²) in [6, 6.07) is 20.2. The average molecular weight is 454 g/mol. The highest BCUT2D eigenvalue weighted by atomic mass is 32.2. The zero-order chi connectivity index (χ0) is 21.8. The molecule has 0 saturated carbocycles. The SMILES string of the molecule is CCOc1ccc(C(=O)Nc2ccc3nc(NS(=O)(=O)c4ccccc4)sc3c2)cc1. The lowest BCUT2D eigenvalue weighted by molar-refractivity contribution is 0.102. The number of amides is 1. The first-order valence-electron chi connectivity index (χ1n) is 9.47. The van der Waals surface area contributed by atoms with E-state index in [1.54, 1.807) is 60.7 Å². The van der Waals surface area contributed by atoms with Gasteiger partial charge in [-0.1, -0.05) is 29.5 Å². The maximum Gasteiger partial charge on any atom is 0.263 e. The van der Waals surface area contributed by atoms with Crippen molar-refractivity contribution in [1.29, 1.82) is 0 Å². The number of rotatable bonds is 7. The van der Waals surface area contributed by atoms with Gasteiger partial charge in [-0.05, 0) is 61.5 Å². The van der Waals surface area contributed by atoms with Gasteiger partial charge in [-0.2, -0.15) is 0 Å². The van der Waals surface area contributed by atoms with Gasteiger partial charge in [0.15, 0.2) is 5.13 Å². The number of sulfonamides is 1. The van der Waals surface area contributed by atoms with E-state index in [1.165, 1.54) is 23.5 Å². The third-order valence-electron chi connectivity index (χ3n) is 4.35. The summed E-state index contributed by atoms with van der Waals surface area (Å²) in [5, 5.41) is 3.10. The molecule has 1 amide bonds. The summed E-state index contributed by atoms with van der Waals surface area (Å²) < 4.78 is 33.6. The summed E-state index contributed by atoms with van der Waals surface area (Å²) in [4.78, 5) is 17.0. The van der Waals surface area contributed by atoms with Crippen LogP contribution in [0.25, 0.3) is 10.2 Å². The smallest absolute Gasteiger partial charge is 0.263 e. The second-order valence-corrected chi connectivity index (χ2v) is 9.24. The van der Waals surface area contributed by atoms with Crippen LogP contribution in [-0.4, -0.2) is 25.9 Å². The number of ether oxygens (including phenoxy) is 1. The van der Waals surface area contributed by atoms with Crippen molar-refractivity contribution in [3.05, 3.63) is 78.4 Å². The molecule has 0 aliphatic heterocycles. The molecule has 0 unspecified atom stereocenters. The molecule has 0 radical (unpaired) electrons. The standard InChI is InChI=1S/C22H19N3O4S2/c1-2-29-17-11-8-15(9-12-17)21(26)23-16-10-13-19-20(14-16)30-22(24-19)25-31(27,28)18-6-4-3-5-7-18/h3-14H,2H2,1H3,(H,23,26)(H,24,25). The third kappa shape index (κ3) is 4.84. The topological polar surface area (TPSA) is 97.4 Å². The largest absolute Gasteiger partial charge is 0.494 e. The van der Waals surface area contributed by atoms with E-state index in [4.69, 9.17) is 4.74 Å². The average Bonchev–Trinajstić information content (AvgIpc) is 3.16. The Morgan fingerprint density at radius 2 is 1.77 bits per heavy atom. The first-order valence-corrected chi connectivity index (χ1v) is 11.8. The highest BCUT2D eigenvalue weighted by molar-refractivity contribution is 7.93. The zero-order valence-electron chi connectivity index (χ0n) is 16.5. The van der Waals surface area contributed by atoms with Crippen molar-refractivity contribution >= 4 is 48.3 Å². The number of aromatic nitrogens is 1. The van der Waals surface area contributed by atoms with Crippen molar-refractivity contribution in [1.82, 2.24) is 4.98 Å². The van der Waals surface area contributed by atoms with Crippen LogP contribution in [0.15, 0.2) is 77.7 Å². The number of carbonyl (C=O) groups excluding carboxylic acids is 1. The molecular formula is C22H19N3O4S2. The van der Waals surface area contributed by atoms with E-state index in [-0.39, 0.29) is 15.9 Å². The van der Waals surface area contributed by atoms with E-state index in [0.717, 1.165) is 4.70 Å². The van der Waals surface area contributed by atoms with E-state index in [0.29, 0.717) is 29.1 Å². The van der Waals surface area contributed by atoms with E-state index in [9.17, 15) is 13.2 Å². The van der Waals surface area contributed by atoms with Gasteiger partial charge in [-0.25, -0.2) is 13.4 Å². The maximum atomic E-state index is 12.5. The van der Waals surface area contributed by atoms with E-state index in [1.807, 2.05) is 6.92 Å². The van der Waals surface area contributed by atoms with Crippen LogP contribution < -0.4 is 14.8 Å². The second kappa shape index (κ2) is 8.75. The minimum absolute atomic E-state index is 0.164. The molecule has 4 rings (SSSR count). The van der Waals surface area contributed by atoms with Crippen LogP contribution in [-0.2, 0) is 10.0 Å². The molecule has 0 bridgehead atoms. The van der Waals surface area contributed by atoms with Crippen molar-refractivity contribution in [3.8, 4) is 5.75 Å². The highest BCUT2D eigenvalue weighted by Crippen LogP contribution is 2.30.